The first kappa shape index (κ1) is 12.7. The number of rotatable bonds is 4. The normalized spacial score (nSPS) is 11.3. The van der Waals surface area contributed by atoms with Crippen molar-refractivity contribution < 1.29 is 4.63 Å². The van der Waals surface area contributed by atoms with Gasteiger partial charge in [-0.15, -0.1) is 0 Å². The molecule has 0 spiro atoms. The van der Waals surface area contributed by atoms with Crippen LogP contribution in [-0.2, 0) is 13.1 Å². The second kappa shape index (κ2) is 5.38. The van der Waals surface area contributed by atoms with Crippen molar-refractivity contribution in [3.63, 3.8) is 0 Å². The van der Waals surface area contributed by atoms with Crippen molar-refractivity contribution >= 4 is 10.9 Å². The molecule has 5 nitrogen and oxygen atoms in total. The fourth-order valence-electron chi connectivity index (χ4n) is 2.29. The number of nitrogens with zero attached hydrogens (tertiary/aromatic N) is 4. The lowest BCUT2D eigenvalue weighted by Crippen LogP contribution is -2.18. The maximum Gasteiger partial charge on any atom is 0.122 e. The van der Waals surface area contributed by atoms with Crippen LogP contribution in [0.1, 0.15) is 17.0 Å². The lowest BCUT2D eigenvalue weighted by Gasteiger charge is -2.16. The van der Waals surface area contributed by atoms with Gasteiger partial charge >= 0.3 is 0 Å². The number of para-hydroxylation sites is 1. The standard InChI is InChI=1S/C15H16N4O/c1-11-15(18-20-17-11)10-19(2)9-12-7-8-16-14-6-4-3-5-13(12)14/h3-8H,9-10H2,1-2H3. The third-order valence-corrected chi connectivity index (χ3v) is 3.35. The molecule has 0 saturated heterocycles. The Morgan fingerprint density at radius 3 is 2.75 bits per heavy atom. The highest BCUT2D eigenvalue weighted by Gasteiger charge is 2.10. The molecule has 5 heteroatoms. The van der Waals surface area contributed by atoms with Crippen molar-refractivity contribution in [2.45, 2.75) is 20.0 Å². The second-order valence-corrected chi connectivity index (χ2v) is 4.96. The quantitative estimate of drug-likeness (QED) is 0.728. The molecule has 0 fully saturated rings. The van der Waals surface area contributed by atoms with Crippen LogP contribution in [0.3, 0.4) is 0 Å². The maximum absolute atomic E-state index is 4.73. The molecule has 0 N–H and O–H groups in total. The Labute approximate surface area is 117 Å². The molecule has 0 aliphatic rings. The number of aryl methyl sites for hydroxylation is 1. The van der Waals surface area contributed by atoms with Crippen molar-refractivity contribution in [1.82, 2.24) is 20.2 Å². The van der Waals surface area contributed by atoms with Crippen molar-refractivity contribution in [3.05, 3.63) is 53.5 Å². The zero-order chi connectivity index (χ0) is 13.9. The first-order valence-electron chi connectivity index (χ1n) is 6.53. The first-order valence-corrected chi connectivity index (χ1v) is 6.53. The SMILES string of the molecule is Cc1nonc1CN(C)Cc1ccnc2ccccc12. The van der Waals surface area contributed by atoms with Crippen LogP contribution in [-0.4, -0.2) is 27.2 Å². The highest BCUT2D eigenvalue weighted by Crippen LogP contribution is 2.18. The summed E-state index contributed by atoms with van der Waals surface area (Å²) in [5.74, 6) is 0. The fourth-order valence-corrected chi connectivity index (χ4v) is 2.29. The Hall–Kier alpha value is -2.27. The Balaban J connectivity index is 1.81. The molecule has 0 bridgehead atoms. The zero-order valence-electron chi connectivity index (χ0n) is 11.6. The van der Waals surface area contributed by atoms with Crippen LogP contribution >= 0.6 is 0 Å². The van der Waals surface area contributed by atoms with Crippen LogP contribution in [0.2, 0.25) is 0 Å². The largest absolute Gasteiger partial charge is 0.296 e. The van der Waals surface area contributed by atoms with Gasteiger partial charge in [0.2, 0.25) is 0 Å². The van der Waals surface area contributed by atoms with E-state index in [2.05, 4.69) is 39.4 Å². The van der Waals surface area contributed by atoms with Gasteiger partial charge in [-0.05, 0) is 31.7 Å². The van der Waals surface area contributed by atoms with Gasteiger partial charge in [-0.2, -0.15) is 0 Å². The van der Waals surface area contributed by atoms with Gasteiger partial charge in [0.05, 0.1) is 5.52 Å². The molecular weight excluding hydrogens is 252 g/mol. The van der Waals surface area contributed by atoms with E-state index >= 15 is 0 Å². The molecule has 102 valence electrons. The molecule has 2 aromatic heterocycles. The van der Waals surface area contributed by atoms with Crippen LogP contribution in [0.15, 0.2) is 41.2 Å². The van der Waals surface area contributed by atoms with Crippen LogP contribution in [0.25, 0.3) is 10.9 Å². The smallest absolute Gasteiger partial charge is 0.122 e. The highest BCUT2D eigenvalue weighted by atomic mass is 16.6. The topological polar surface area (TPSA) is 55.1 Å². The predicted molar refractivity (Wildman–Crippen MR) is 75.9 cm³/mol. The first-order chi connectivity index (χ1) is 9.74. The Bertz CT molecular complexity index is 717. The van der Waals surface area contributed by atoms with Crippen LogP contribution in [0.4, 0.5) is 0 Å². The van der Waals surface area contributed by atoms with Crippen molar-refractivity contribution in [2.75, 3.05) is 7.05 Å². The van der Waals surface area contributed by atoms with Crippen molar-refractivity contribution in [2.24, 2.45) is 0 Å². The maximum atomic E-state index is 4.73. The van der Waals surface area contributed by atoms with E-state index in [1.165, 1.54) is 10.9 Å². The summed E-state index contributed by atoms with van der Waals surface area (Å²) in [5.41, 5.74) is 4.01. The van der Waals surface area contributed by atoms with E-state index in [0.717, 1.165) is 23.4 Å². The van der Waals surface area contributed by atoms with Crippen molar-refractivity contribution in [3.8, 4) is 0 Å². The zero-order valence-corrected chi connectivity index (χ0v) is 11.6. The van der Waals surface area contributed by atoms with Gasteiger partial charge in [0.25, 0.3) is 0 Å². The summed E-state index contributed by atoms with van der Waals surface area (Å²) in [4.78, 5) is 6.57. The minimum absolute atomic E-state index is 0.714. The summed E-state index contributed by atoms with van der Waals surface area (Å²) in [7, 11) is 2.06. The van der Waals surface area contributed by atoms with E-state index < -0.39 is 0 Å². The molecule has 0 aliphatic heterocycles. The Morgan fingerprint density at radius 2 is 1.95 bits per heavy atom. The molecular formula is C15H16N4O. The van der Waals surface area contributed by atoms with E-state index in [1.807, 2.05) is 31.3 Å². The lowest BCUT2D eigenvalue weighted by molar-refractivity contribution is 0.279. The molecule has 0 radical (unpaired) electrons. The summed E-state index contributed by atoms with van der Waals surface area (Å²) in [5, 5.41) is 8.91. The molecule has 3 rings (SSSR count). The number of benzene rings is 1. The Morgan fingerprint density at radius 1 is 1.10 bits per heavy atom. The molecule has 0 saturated carbocycles. The lowest BCUT2D eigenvalue weighted by atomic mass is 10.1. The monoisotopic (exact) mass is 268 g/mol. The van der Waals surface area contributed by atoms with Crippen LogP contribution in [0, 0.1) is 6.92 Å². The molecule has 20 heavy (non-hydrogen) atoms. The number of hydrogen-bond acceptors (Lipinski definition) is 5. The Kier molecular flexibility index (Phi) is 3.43. The van der Waals surface area contributed by atoms with Gasteiger partial charge in [-0.3, -0.25) is 9.88 Å². The summed E-state index contributed by atoms with van der Waals surface area (Å²) in [6.45, 7) is 3.45. The van der Waals surface area contributed by atoms with Crippen molar-refractivity contribution in [1.29, 1.82) is 0 Å². The number of hydrogen-bond donors (Lipinski definition) is 0. The highest BCUT2D eigenvalue weighted by molar-refractivity contribution is 5.81. The minimum Gasteiger partial charge on any atom is -0.296 e. The molecule has 0 aliphatic carbocycles. The molecule has 0 unspecified atom stereocenters. The van der Waals surface area contributed by atoms with Gasteiger partial charge in [0, 0.05) is 24.7 Å². The number of pyridine rings is 1. The van der Waals surface area contributed by atoms with E-state index in [9.17, 15) is 0 Å². The van der Waals surface area contributed by atoms with E-state index in [1.54, 1.807) is 0 Å². The molecule has 2 heterocycles. The van der Waals surface area contributed by atoms with Crippen LogP contribution in [0.5, 0.6) is 0 Å². The summed E-state index contributed by atoms with van der Waals surface area (Å²) in [6.07, 6.45) is 1.86. The fraction of sp³-hybridized carbons (Fsp3) is 0.267. The second-order valence-electron chi connectivity index (χ2n) is 4.96. The molecule has 3 aromatic rings. The van der Waals surface area contributed by atoms with Gasteiger partial charge in [-0.25, -0.2) is 4.63 Å². The average molecular weight is 268 g/mol. The molecule has 1 aromatic carbocycles. The van der Waals surface area contributed by atoms with Gasteiger partial charge in [0.1, 0.15) is 11.4 Å². The van der Waals surface area contributed by atoms with E-state index in [0.29, 0.717) is 6.54 Å². The third-order valence-electron chi connectivity index (χ3n) is 3.35. The average Bonchev–Trinajstić information content (AvgIpc) is 2.85. The van der Waals surface area contributed by atoms with Crippen LogP contribution < -0.4 is 0 Å². The summed E-state index contributed by atoms with van der Waals surface area (Å²) >= 11 is 0. The minimum atomic E-state index is 0.714. The van der Waals surface area contributed by atoms with Gasteiger partial charge in [0.15, 0.2) is 0 Å². The number of aromatic nitrogens is 3. The molecule has 0 amide bonds. The predicted octanol–water partition coefficient (Wildman–Crippen LogP) is 2.56. The van der Waals surface area contributed by atoms with Gasteiger partial charge in [-0.1, -0.05) is 28.5 Å². The summed E-state index contributed by atoms with van der Waals surface area (Å²) in [6, 6.07) is 10.2. The van der Waals surface area contributed by atoms with E-state index in [4.69, 9.17) is 4.63 Å². The summed E-state index contributed by atoms with van der Waals surface area (Å²) < 4.78 is 4.73. The molecule has 0 atom stereocenters. The third kappa shape index (κ3) is 2.53. The van der Waals surface area contributed by atoms with Gasteiger partial charge < -0.3 is 0 Å². The van der Waals surface area contributed by atoms with E-state index in [-0.39, 0.29) is 0 Å². The number of fused-ring (bicyclic) bond motifs is 1.